The van der Waals surface area contributed by atoms with Gasteiger partial charge in [-0.15, -0.1) is 11.3 Å². The number of carbonyl (C=O) groups is 1. The molecule has 0 saturated carbocycles. The maximum absolute atomic E-state index is 12.3. The standard InChI is InChI=1S/C21H29N7O2S/c1-3-30-11-5-8-23-20(29)17-14-31-21(25-17)27-18-12-15(2)24-19(26-18)16-6-4-9-28(13-16)10-7-22/h12,14,16H,3-6,8-11,13H2,1-2H3,(H,23,29)(H,24,25,26,27)/t16-/m0/s1. The number of nitrogens with one attached hydrogen (secondary N) is 2. The van der Waals surface area contributed by atoms with E-state index < -0.39 is 0 Å². The van der Waals surface area contributed by atoms with Gasteiger partial charge in [0, 0.05) is 49.4 Å². The fourth-order valence-corrected chi connectivity index (χ4v) is 4.20. The summed E-state index contributed by atoms with van der Waals surface area (Å²) in [6, 6.07) is 4.09. The number of thiazole rings is 1. The summed E-state index contributed by atoms with van der Waals surface area (Å²) in [5, 5.41) is 17.4. The molecule has 3 rings (SSSR count). The highest BCUT2D eigenvalue weighted by Crippen LogP contribution is 2.27. The lowest BCUT2D eigenvalue weighted by Crippen LogP contribution is -2.35. The van der Waals surface area contributed by atoms with Gasteiger partial charge in [-0.3, -0.25) is 9.69 Å². The maximum atomic E-state index is 12.3. The van der Waals surface area contributed by atoms with Crippen molar-refractivity contribution in [1.29, 1.82) is 5.26 Å². The van der Waals surface area contributed by atoms with Crippen molar-refractivity contribution >= 4 is 28.2 Å². The van der Waals surface area contributed by atoms with Gasteiger partial charge in [0.25, 0.3) is 5.91 Å². The number of rotatable bonds is 10. The van der Waals surface area contributed by atoms with Gasteiger partial charge in [-0.25, -0.2) is 15.0 Å². The molecule has 2 aromatic heterocycles. The highest BCUT2D eigenvalue weighted by molar-refractivity contribution is 7.14. The first-order chi connectivity index (χ1) is 15.1. The number of piperidine rings is 1. The number of ether oxygens (including phenoxy) is 1. The maximum Gasteiger partial charge on any atom is 0.270 e. The first-order valence-corrected chi connectivity index (χ1v) is 11.5. The Balaban J connectivity index is 1.60. The molecule has 0 aliphatic carbocycles. The Morgan fingerprint density at radius 3 is 3.10 bits per heavy atom. The largest absolute Gasteiger partial charge is 0.382 e. The summed E-state index contributed by atoms with van der Waals surface area (Å²) in [4.78, 5) is 28.1. The molecule has 10 heteroatoms. The van der Waals surface area contributed by atoms with E-state index in [4.69, 9.17) is 15.0 Å². The first kappa shape index (κ1) is 23.1. The van der Waals surface area contributed by atoms with E-state index in [0.29, 0.717) is 42.9 Å². The minimum atomic E-state index is -0.194. The number of carbonyl (C=O) groups excluding carboxylic acids is 1. The summed E-state index contributed by atoms with van der Waals surface area (Å²) in [6.07, 6.45) is 2.81. The molecule has 166 valence electrons. The van der Waals surface area contributed by atoms with Gasteiger partial charge >= 0.3 is 0 Å². The van der Waals surface area contributed by atoms with Crippen LogP contribution < -0.4 is 10.6 Å². The fraction of sp³-hybridized carbons (Fsp3) is 0.571. The zero-order valence-corrected chi connectivity index (χ0v) is 18.9. The van der Waals surface area contributed by atoms with Gasteiger partial charge in [0.1, 0.15) is 17.3 Å². The number of aromatic nitrogens is 3. The highest BCUT2D eigenvalue weighted by atomic mass is 32.1. The van der Waals surface area contributed by atoms with E-state index in [9.17, 15) is 4.79 Å². The molecule has 3 heterocycles. The molecule has 1 atom stereocenters. The molecule has 2 aromatic rings. The predicted molar refractivity (Wildman–Crippen MR) is 120 cm³/mol. The van der Waals surface area contributed by atoms with Crippen LogP contribution in [-0.4, -0.2) is 65.2 Å². The minimum absolute atomic E-state index is 0.194. The lowest BCUT2D eigenvalue weighted by Gasteiger charge is -2.30. The molecule has 0 spiro atoms. The van der Waals surface area contributed by atoms with Crippen molar-refractivity contribution in [2.75, 3.05) is 44.7 Å². The topological polar surface area (TPSA) is 116 Å². The van der Waals surface area contributed by atoms with Gasteiger partial charge in [-0.05, 0) is 39.7 Å². The normalized spacial score (nSPS) is 16.6. The SMILES string of the molecule is CCOCCCNC(=O)c1csc(Nc2cc(C)nc([C@H]3CCCN(CC#N)C3)n2)n1. The van der Waals surface area contributed by atoms with E-state index >= 15 is 0 Å². The summed E-state index contributed by atoms with van der Waals surface area (Å²) < 4.78 is 5.27. The Bertz CT molecular complexity index is 911. The summed E-state index contributed by atoms with van der Waals surface area (Å²) in [6.45, 7) is 7.92. The van der Waals surface area contributed by atoms with Crippen molar-refractivity contribution in [3.8, 4) is 6.07 Å². The average Bonchev–Trinajstić information content (AvgIpc) is 3.22. The van der Waals surface area contributed by atoms with Crippen LogP contribution in [0, 0.1) is 18.3 Å². The van der Waals surface area contributed by atoms with Crippen molar-refractivity contribution < 1.29 is 9.53 Å². The number of nitrogens with zero attached hydrogens (tertiary/aromatic N) is 5. The summed E-state index contributed by atoms with van der Waals surface area (Å²) in [7, 11) is 0. The van der Waals surface area contributed by atoms with Crippen LogP contribution in [0.25, 0.3) is 0 Å². The molecule has 0 unspecified atom stereocenters. The van der Waals surface area contributed by atoms with Gasteiger partial charge in [0.2, 0.25) is 0 Å². The monoisotopic (exact) mass is 443 g/mol. The zero-order valence-electron chi connectivity index (χ0n) is 18.1. The number of anilines is 2. The molecule has 0 bridgehead atoms. The molecule has 1 aliphatic heterocycles. The predicted octanol–water partition coefficient (Wildman–Crippen LogP) is 2.84. The highest BCUT2D eigenvalue weighted by Gasteiger charge is 2.24. The van der Waals surface area contributed by atoms with Crippen LogP contribution in [0.2, 0.25) is 0 Å². The average molecular weight is 444 g/mol. The third-order valence-electron chi connectivity index (χ3n) is 4.96. The molecular weight excluding hydrogens is 414 g/mol. The molecule has 1 fully saturated rings. The Hall–Kier alpha value is -2.61. The smallest absolute Gasteiger partial charge is 0.270 e. The Morgan fingerprint density at radius 2 is 2.29 bits per heavy atom. The van der Waals surface area contributed by atoms with Gasteiger partial charge < -0.3 is 15.4 Å². The second-order valence-electron chi connectivity index (χ2n) is 7.45. The molecule has 1 saturated heterocycles. The van der Waals surface area contributed by atoms with E-state index in [0.717, 1.165) is 43.9 Å². The van der Waals surface area contributed by atoms with Crippen molar-refractivity contribution in [2.45, 2.75) is 39.0 Å². The van der Waals surface area contributed by atoms with Crippen molar-refractivity contribution in [3.63, 3.8) is 0 Å². The molecule has 2 N–H and O–H groups in total. The zero-order chi connectivity index (χ0) is 22.1. The number of hydrogen-bond acceptors (Lipinski definition) is 9. The van der Waals surface area contributed by atoms with Crippen molar-refractivity contribution in [1.82, 2.24) is 25.2 Å². The van der Waals surface area contributed by atoms with E-state index in [2.05, 4.69) is 31.6 Å². The number of likely N-dealkylation sites (tertiary alicyclic amines) is 1. The Labute approximate surface area is 186 Å². The third kappa shape index (κ3) is 6.95. The molecular formula is C21H29N7O2S. The van der Waals surface area contributed by atoms with E-state index in [1.807, 2.05) is 19.9 Å². The van der Waals surface area contributed by atoms with E-state index in [-0.39, 0.29) is 11.8 Å². The van der Waals surface area contributed by atoms with Crippen LogP contribution in [0.1, 0.15) is 54.1 Å². The van der Waals surface area contributed by atoms with Crippen LogP contribution in [-0.2, 0) is 4.74 Å². The summed E-state index contributed by atoms with van der Waals surface area (Å²) >= 11 is 1.36. The second kappa shape index (κ2) is 11.7. The van der Waals surface area contributed by atoms with Crippen LogP contribution in [0.5, 0.6) is 0 Å². The molecule has 0 aromatic carbocycles. The molecule has 1 amide bonds. The quantitative estimate of drug-likeness (QED) is 0.425. The minimum Gasteiger partial charge on any atom is -0.382 e. The van der Waals surface area contributed by atoms with Crippen molar-refractivity contribution in [2.24, 2.45) is 0 Å². The number of aryl methyl sites for hydroxylation is 1. The molecule has 31 heavy (non-hydrogen) atoms. The van der Waals surface area contributed by atoms with Crippen molar-refractivity contribution in [3.05, 3.63) is 28.7 Å². The second-order valence-corrected chi connectivity index (χ2v) is 8.31. The summed E-state index contributed by atoms with van der Waals surface area (Å²) in [5.74, 6) is 1.46. The molecule has 0 radical (unpaired) electrons. The molecule has 9 nitrogen and oxygen atoms in total. The lowest BCUT2D eigenvalue weighted by molar-refractivity contribution is 0.0940. The lowest BCUT2D eigenvalue weighted by atomic mass is 9.97. The summed E-state index contributed by atoms with van der Waals surface area (Å²) in [5.41, 5.74) is 1.25. The first-order valence-electron chi connectivity index (χ1n) is 10.6. The Kier molecular flexibility index (Phi) is 8.70. The Morgan fingerprint density at radius 1 is 1.42 bits per heavy atom. The van der Waals surface area contributed by atoms with E-state index in [1.54, 1.807) is 5.38 Å². The van der Waals surface area contributed by atoms with Gasteiger partial charge in [-0.2, -0.15) is 5.26 Å². The third-order valence-corrected chi connectivity index (χ3v) is 5.72. The van der Waals surface area contributed by atoms with Crippen LogP contribution in [0.15, 0.2) is 11.4 Å². The van der Waals surface area contributed by atoms with Gasteiger partial charge in [-0.1, -0.05) is 0 Å². The van der Waals surface area contributed by atoms with Crippen LogP contribution >= 0.6 is 11.3 Å². The van der Waals surface area contributed by atoms with E-state index in [1.165, 1.54) is 11.3 Å². The number of nitriles is 1. The molecule has 1 aliphatic rings. The van der Waals surface area contributed by atoms with Gasteiger partial charge in [0.05, 0.1) is 12.6 Å². The number of hydrogen-bond donors (Lipinski definition) is 2. The number of amides is 1. The van der Waals surface area contributed by atoms with Gasteiger partial charge in [0.15, 0.2) is 5.13 Å². The van der Waals surface area contributed by atoms with Crippen LogP contribution in [0.4, 0.5) is 10.9 Å². The fourth-order valence-electron chi connectivity index (χ4n) is 3.50. The van der Waals surface area contributed by atoms with Crippen LogP contribution in [0.3, 0.4) is 0 Å².